The molecular formula is C19H15F3N4O3. The molecule has 0 aliphatic carbocycles. The second kappa shape index (κ2) is 6.80. The quantitative estimate of drug-likeness (QED) is 0.712. The van der Waals surface area contributed by atoms with Crippen molar-refractivity contribution in [1.82, 2.24) is 14.7 Å². The van der Waals surface area contributed by atoms with Crippen LogP contribution < -0.4 is 15.0 Å². The first kappa shape index (κ1) is 18.8. The van der Waals surface area contributed by atoms with Crippen LogP contribution in [0, 0.1) is 0 Å². The molecule has 150 valence electrons. The van der Waals surface area contributed by atoms with Crippen LogP contribution in [0.1, 0.15) is 16.2 Å². The van der Waals surface area contributed by atoms with Gasteiger partial charge in [-0.25, -0.2) is 4.98 Å². The van der Waals surface area contributed by atoms with Gasteiger partial charge in [0.15, 0.2) is 0 Å². The summed E-state index contributed by atoms with van der Waals surface area (Å²) in [7, 11) is 1.55. The van der Waals surface area contributed by atoms with Gasteiger partial charge in [-0.2, -0.15) is 13.2 Å². The summed E-state index contributed by atoms with van der Waals surface area (Å²) in [4.78, 5) is 30.6. The molecule has 0 fully saturated rings. The molecule has 0 bridgehead atoms. The highest BCUT2D eigenvalue weighted by atomic mass is 19.4. The van der Waals surface area contributed by atoms with Crippen molar-refractivity contribution in [3.8, 4) is 5.75 Å². The van der Waals surface area contributed by atoms with E-state index in [1.54, 1.807) is 31.3 Å². The Hall–Kier alpha value is -3.56. The zero-order valence-corrected chi connectivity index (χ0v) is 15.1. The van der Waals surface area contributed by atoms with Crippen LogP contribution in [-0.4, -0.2) is 40.9 Å². The van der Waals surface area contributed by atoms with Gasteiger partial charge in [0.05, 0.1) is 5.69 Å². The predicted octanol–water partition coefficient (Wildman–Crippen LogP) is 2.51. The molecule has 7 nitrogen and oxygen atoms in total. The SMILES string of the molecule is CN1C(=O)[C@@H](NC(=O)c2cn3c(C(F)(F)F)cccc3n2)COc2ccccc21. The van der Waals surface area contributed by atoms with E-state index in [9.17, 15) is 22.8 Å². The molecule has 0 spiro atoms. The van der Waals surface area contributed by atoms with Gasteiger partial charge in [0.1, 0.15) is 35.4 Å². The Bertz CT molecular complexity index is 1110. The van der Waals surface area contributed by atoms with Gasteiger partial charge >= 0.3 is 6.18 Å². The second-order valence-corrected chi connectivity index (χ2v) is 6.47. The number of para-hydroxylation sites is 2. The highest BCUT2D eigenvalue weighted by Gasteiger charge is 2.34. The van der Waals surface area contributed by atoms with Gasteiger partial charge in [-0.1, -0.05) is 18.2 Å². The van der Waals surface area contributed by atoms with Gasteiger partial charge in [0.25, 0.3) is 11.8 Å². The van der Waals surface area contributed by atoms with Crippen LogP contribution in [0.2, 0.25) is 0 Å². The smallest absolute Gasteiger partial charge is 0.431 e. The largest absolute Gasteiger partial charge is 0.489 e. The van der Waals surface area contributed by atoms with Gasteiger partial charge < -0.3 is 15.0 Å². The number of aromatic nitrogens is 2. The van der Waals surface area contributed by atoms with Crippen LogP contribution in [0.5, 0.6) is 5.75 Å². The van der Waals surface area contributed by atoms with Crippen molar-refractivity contribution in [2.24, 2.45) is 0 Å². The number of nitrogens with zero attached hydrogens (tertiary/aromatic N) is 3. The molecule has 2 amide bonds. The average Bonchev–Trinajstić information content (AvgIpc) is 3.09. The summed E-state index contributed by atoms with van der Waals surface area (Å²) in [6.07, 6.45) is -3.61. The number of benzene rings is 1. The van der Waals surface area contributed by atoms with E-state index < -0.39 is 29.7 Å². The maximum atomic E-state index is 13.2. The summed E-state index contributed by atoms with van der Waals surface area (Å²) in [5, 5.41) is 2.50. The number of fused-ring (bicyclic) bond motifs is 2. The minimum atomic E-state index is -4.60. The number of ether oxygens (including phenoxy) is 1. The van der Waals surface area contributed by atoms with Crippen LogP contribution in [0.15, 0.2) is 48.7 Å². The molecule has 0 saturated carbocycles. The van der Waals surface area contributed by atoms with Gasteiger partial charge in [0.2, 0.25) is 0 Å². The number of carbonyl (C=O) groups is 2. The Morgan fingerprint density at radius 3 is 2.72 bits per heavy atom. The number of likely N-dealkylation sites (N-methyl/N-ethyl adjacent to an activating group) is 1. The predicted molar refractivity (Wildman–Crippen MR) is 96.8 cm³/mol. The molecular weight excluding hydrogens is 389 g/mol. The van der Waals surface area contributed by atoms with E-state index in [-0.39, 0.29) is 17.9 Å². The highest BCUT2D eigenvalue weighted by Crippen LogP contribution is 2.31. The monoisotopic (exact) mass is 404 g/mol. The minimum Gasteiger partial charge on any atom is -0.489 e. The molecule has 29 heavy (non-hydrogen) atoms. The third-order valence-electron chi connectivity index (χ3n) is 4.58. The Labute approximate surface area is 162 Å². The van der Waals surface area contributed by atoms with Crippen molar-refractivity contribution < 1.29 is 27.5 Å². The fourth-order valence-corrected chi connectivity index (χ4v) is 3.14. The van der Waals surface area contributed by atoms with Crippen molar-refractivity contribution >= 4 is 23.1 Å². The maximum absolute atomic E-state index is 13.2. The van der Waals surface area contributed by atoms with Crippen LogP contribution >= 0.6 is 0 Å². The zero-order chi connectivity index (χ0) is 20.8. The number of hydrogen-bond donors (Lipinski definition) is 1. The van der Waals surface area contributed by atoms with Gasteiger partial charge in [-0.3, -0.25) is 14.0 Å². The lowest BCUT2D eigenvalue weighted by atomic mass is 10.2. The first-order valence-electron chi connectivity index (χ1n) is 8.61. The number of alkyl halides is 3. The van der Waals surface area contributed by atoms with E-state index in [0.29, 0.717) is 11.4 Å². The van der Waals surface area contributed by atoms with Crippen molar-refractivity contribution in [2.45, 2.75) is 12.2 Å². The Balaban J connectivity index is 1.59. The molecule has 1 aliphatic heterocycles. The molecule has 1 aliphatic rings. The van der Waals surface area contributed by atoms with Crippen LogP contribution in [0.3, 0.4) is 0 Å². The third-order valence-corrected chi connectivity index (χ3v) is 4.58. The number of rotatable bonds is 2. The van der Waals surface area contributed by atoms with Crippen LogP contribution in [0.25, 0.3) is 5.65 Å². The first-order valence-corrected chi connectivity index (χ1v) is 8.61. The first-order chi connectivity index (χ1) is 13.8. The van der Waals surface area contributed by atoms with E-state index in [0.717, 1.165) is 16.7 Å². The van der Waals surface area contributed by atoms with E-state index in [1.807, 2.05) is 0 Å². The molecule has 3 aromatic rings. The number of halogens is 3. The van der Waals surface area contributed by atoms with Crippen molar-refractivity contribution in [2.75, 3.05) is 18.6 Å². The lowest BCUT2D eigenvalue weighted by Gasteiger charge is -2.20. The summed E-state index contributed by atoms with van der Waals surface area (Å²) in [5.74, 6) is -0.700. The summed E-state index contributed by atoms with van der Waals surface area (Å²) < 4.78 is 45.9. The normalized spacial score (nSPS) is 16.9. The fourth-order valence-electron chi connectivity index (χ4n) is 3.14. The second-order valence-electron chi connectivity index (χ2n) is 6.47. The molecule has 2 aromatic heterocycles. The topological polar surface area (TPSA) is 75.9 Å². The average molecular weight is 404 g/mol. The lowest BCUT2D eigenvalue weighted by molar-refractivity contribution is -0.142. The van der Waals surface area contributed by atoms with Crippen molar-refractivity contribution in [3.63, 3.8) is 0 Å². The molecule has 3 heterocycles. The number of carbonyl (C=O) groups excluding carboxylic acids is 2. The Morgan fingerprint density at radius 2 is 1.97 bits per heavy atom. The number of anilines is 1. The number of pyridine rings is 1. The summed E-state index contributed by atoms with van der Waals surface area (Å²) in [5.41, 5.74) is -0.667. The standard InChI is InChI=1S/C19H15F3N4O3/c1-25-13-5-2-3-6-14(13)29-10-12(18(25)28)24-17(27)11-9-26-15(19(20,21)22)7-4-8-16(26)23-11/h2-9,12H,10H2,1H3,(H,24,27)/t12-/m0/s1. The van der Waals surface area contributed by atoms with Crippen molar-refractivity contribution in [3.05, 3.63) is 60.0 Å². The van der Waals surface area contributed by atoms with Gasteiger partial charge in [-0.15, -0.1) is 0 Å². The number of nitrogens with one attached hydrogen (secondary N) is 1. The summed E-state index contributed by atoms with van der Waals surface area (Å²) in [6, 6.07) is 9.35. The maximum Gasteiger partial charge on any atom is 0.431 e. The zero-order valence-electron chi connectivity index (χ0n) is 15.1. The van der Waals surface area contributed by atoms with E-state index >= 15 is 0 Å². The highest BCUT2D eigenvalue weighted by molar-refractivity contribution is 6.02. The summed E-state index contributed by atoms with van der Waals surface area (Å²) >= 11 is 0. The third kappa shape index (κ3) is 3.37. The Kier molecular flexibility index (Phi) is 4.40. The number of amides is 2. The number of hydrogen-bond acceptors (Lipinski definition) is 4. The summed E-state index contributed by atoms with van der Waals surface area (Å²) in [6.45, 7) is -0.118. The van der Waals surface area contributed by atoms with Crippen LogP contribution in [0.4, 0.5) is 18.9 Å². The van der Waals surface area contributed by atoms with Gasteiger partial charge in [0, 0.05) is 13.2 Å². The molecule has 1 atom stereocenters. The molecule has 1 N–H and O–H groups in total. The van der Waals surface area contributed by atoms with Gasteiger partial charge in [-0.05, 0) is 24.3 Å². The molecule has 0 radical (unpaired) electrons. The molecule has 10 heteroatoms. The lowest BCUT2D eigenvalue weighted by Crippen LogP contribution is -2.49. The molecule has 0 unspecified atom stereocenters. The molecule has 0 saturated heterocycles. The van der Waals surface area contributed by atoms with E-state index in [4.69, 9.17) is 4.74 Å². The van der Waals surface area contributed by atoms with Crippen molar-refractivity contribution in [1.29, 1.82) is 0 Å². The number of imidazole rings is 1. The Morgan fingerprint density at radius 1 is 1.21 bits per heavy atom. The fraction of sp³-hybridized carbons (Fsp3) is 0.211. The molecule has 1 aromatic carbocycles. The molecule has 4 rings (SSSR count). The van der Waals surface area contributed by atoms with Crippen LogP contribution in [-0.2, 0) is 11.0 Å². The van der Waals surface area contributed by atoms with E-state index in [2.05, 4.69) is 10.3 Å². The minimum absolute atomic E-state index is 0.0297. The van der Waals surface area contributed by atoms with E-state index in [1.165, 1.54) is 17.0 Å².